The minimum atomic E-state index is -0.813. The van der Waals surface area contributed by atoms with E-state index in [1.165, 1.54) is 13.4 Å². The smallest absolute Gasteiger partial charge is 0.247 e. The number of carbonyl (C=O) groups excluding carboxylic acids is 3. The fraction of sp³-hybridized carbons (Fsp3) is 0.500. The van der Waals surface area contributed by atoms with E-state index in [1.807, 2.05) is 39.0 Å². The third-order valence-electron chi connectivity index (χ3n) is 8.84. The van der Waals surface area contributed by atoms with Crippen LogP contribution in [0.2, 0.25) is 5.02 Å². The molecular formula is C34H45ClN8O5. The maximum absolute atomic E-state index is 13.9. The van der Waals surface area contributed by atoms with Crippen molar-refractivity contribution in [1.82, 2.24) is 25.5 Å². The number of ether oxygens (including phenoxy) is 2. The van der Waals surface area contributed by atoms with Crippen LogP contribution in [0, 0.1) is 5.41 Å². The average molecular weight is 681 g/mol. The Balaban J connectivity index is 1.37. The third kappa shape index (κ3) is 7.74. The number of amides is 3. The standard InChI is InChI=1S/C34H45ClN8O5/c1-20(36-5)31(44)41-29(34(2,3)4)33(46)43-11-7-8-27(43)32(45)40-25-17-22-24(18-28(25)47-6)37-19-38-30(22)39-21-9-10-26(23(35)16-21)42-12-14-48-15-13-42/h9-10,16-20,27,29,36H,7-8,11-15H2,1-6H3,(H,40,45)(H,41,44)(H,37,38,39)/t20-,27-,29+/m0/s1. The molecule has 0 bridgehead atoms. The third-order valence-corrected chi connectivity index (χ3v) is 9.14. The molecule has 48 heavy (non-hydrogen) atoms. The molecule has 3 atom stereocenters. The van der Waals surface area contributed by atoms with Gasteiger partial charge in [-0.25, -0.2) is 9.97 Å². The van der Waals surface area contributed by atoms with Crippen LogP contribution in [0.5, 0.6) is 5.75 Å². The largest absolute Gasteiger partial charge is 0.494 e. The normalized spacial score (nSPS) is 17.9. The minimum Gasteiger partial charge on any atom is -0.494 e. The summed E-state index contributed by atoms with van der Waals surface area (Å²) in [5.74, 6) is 0.00736. The number of benzene rings is 2. The van der Waals surface area contributed by atoms with Gasteiger partial charge in [-0.2, -0.15) is 0 Å². The average Bonchev–Trinajstić information content (AvgIpc) is 3.57. The lowest BCUT2D eigenvalue weighted by atomic mass is 9.85. The van der Waals surface area contributed by atoms with Crippen molar-refractivity contribution in [3.05, 3.63) is 41.7 Å². The van der Waals surface area contributed by atoms with E-state index in [-0.39, 0.29) is 17.7 Å². The van der Waals surface area contributed by atoms with Gasteiger partial charge in [0.1, 0.15) is 30.0 Å². The van der Waals surface area contributed by atoms with Crippen molar-refractivity contribution in [2.45, 2.75) is 58.7 Å². The summed E-state index contributed by atoms with van der Waals surface area (Å²) in [4.78, 5) is 53.2. The van der Waals surface area contributed by atoms with E-state index in [0.29, 0.717) is 65.8 Å². The van der Waals surface area contributed by atoms with Crippen LogP contribution in [0.3, 0.4) is 0 Å². The Morgan fingerprint density at radius 1 is 1.08 bits per heavy atom. The van der Waals surface area contributed by atoms with E-state index in [1.54, 1.807) is 31.0 Å². The van der Waals surface area contributed by atoms with Crippen molar-refractivity contribution in [3.63, 3.8) is 0 Å². The maximum atomic E-state index is 13.9. The van der Waals surface area contributed by atoms with Crippen LogP contribution in [0.25, 0.3) is 10.9 Å². The zero-order chi connectivity index (χ0) is 34.6. The number of halogens is 1. The van der Waals surface area contributed by atoms with Crippen molar-refractivity contribution >= 4 is 63.1 Å². The predicted octanol–water partition coefficient (Wildman–Crippen LogP) is 3.94. The first-order valence-corrected chi connectivity index (χ1v) is 16.6. The van der Waals surface area contributed by atoms with E-state index < -0.39 is 23.5 Å². The second-order valence-corrected chi connectivity index (χ2v) is 13.6. The topological polar surface area (TPSA) is 150 Å². The van der Waals surface area contributed by atoms with Gasteiger partial charge in [-0.1, -0.05) is 32.4 Å². The van der Waals surface area contributed by atoms with Gasteiger partial charge in [0, 0.05) is 36.8 Å². The zero-order valence-corrected chi connectivity index (χ0v) is 29.1. The number of likely N-dealkylation sites (N-methyl/N-ethyl adjacent to an activating group) is 1. The van der Waals surface area contributed by atoms with E-state index in [0.717, 1.165) is 24.5 Å². The summed E-state index contributed by atoms with van der Waals surface area (Å²) >= 11 is 6.68. The fourth-order valence-corrected chi connectivity index (χ4v) is 6.26. The van der Waals surface area contributed by atoms with Crippen LogP contribution in [-0.4, -0.2) is 97.7 Å². The van der Waals surface area contributed by atoms with Crippen molar-refractivity contribution < 1.29 is 23.9 Å². The highest BCUT2D eigenvalue weighted by Gasteiger charge is 2.42. The molecule has 13 nitrogen and oxygen atoms in total. The van der Waals surface area contributed by atoms with Crippen LogP contribution in [0.4, 0.5) is 22.9 Å². The number of anilines is 4. The number of rotatable bonds is 10. The van der Waals surface area contributed by atoms with Crippen molar-refractivity contribution in [3.8, 4) is 5.75 Å². The summed E-state index contributed by atoms with van der Waals surface area (Å²) in [5, 5.41) is 13.4. The summed E-state index contributed by atoms with van der Waals surface area (Å²) in [6.45, 7) is 10.7. The van der Waals surface area contributed by atoms with E-state index >= 15 is 0 Å². The highest BCUT2D eigenvalue weighted by atomic mass is 35.5. The van der Waals surface area contributed by atoms with Crippen LogP contribution in [0.1, 0.15) is 40.5 Å². The Kier molecular flexibility index (Phi) is 10.9. The molecule has 2 fully saturated rings. The Morgan fingerprint density at radius 3 is 2.50 bits per heavy atom. The molecule has 2 aliphatic rings. The first-order valence-electron chi connectivity index (χ1n) is 16.2. The first-order chi connectivity index (χ1) is 22.9. The number of hydrogen-bond donors (Lipinski definition) is 4. The summed E-state index contributed by atoms with van der Waals surface area (Å²) in [7, 11) is 3.20. The number of likely N-dealkylation sites (tertiary alicyclic amines) is 1. The van der Waals surface area contributed by atoms with Gasteiger partial charge in [0.15, 0.2) is 0 Å². The van der Waals surface area contributed by atoms with Gasteiger partial charge in [0.2, 0.25) is 17.7 Å². The monoisotopic (exact) mass is 680 g/mol. The predicted molar refractivity (Wildman–Crippen MR) is 187 cm³/mol. The van der Waals surface area contributed by atoms with Crippen LogP contribution in [-0.2, 0) is 19.1 Å². The van der Waals surface area contributed by atoms with E-state index in [2.05, 4.69) is 36.1 Å². The Labute approximate surface area is 286 Å². The van der Waals surface area contributed by atoms with Gasteiger partial charge in [-0.3, -0.25) is 14.4 Å². The van der Waals surface area contributed by atoms with Gasteiger partial charge < -0.3 is 40.5 Å². The quantitative estimate of drug-likeness (QED) is 0.248. The Bertz CT molecular complexity index is 1660. The number of nitrogens with zero attached hydrogens (tertiary/aromatic N) is 4. The first kappa shape index (κ1) is 35.1. The molecule has 0 radical (unpaired) electrons. The van der Waals surface area contributed by atoms with Crippen molar-refractivity contribution in [2.75, 3.05) is 62.5 Å². The lowest BCUT2D eigenvalue weighted by Crippen LogP contribution is -2.59. The number of nitrogens with one attached hydrogen (secondary N) is 4. The molecule has 3 amide bonds. The Morgan fingerprint density at radius 2 is 1.83 bits per heavy atom. The summed E-state index contributed by atoms with van der Waals surface area (Å²) in [6, 6.07) is 7.24. The van der Waals surface area contributed by atoms with Crippen LogP contribution < -0.4 is 30.9 Å². The molecule has 2 aliphatic heterocycles. The molecule has 0 spiro atoms. The summed E-state index contributed by atoms with van der Waals surface area (Å²) in [5.41, 5.74) is 2.12. The highest BCUT2D eigenvalue weighted by Crippen LogP contribution is 2.36. The zero-order valence-electron chi connectivity index (χ0n) is 28.4. The lowest BCUT2D eigenvalue weighted by molar-refractivity contribution is -0.143. The van der Waals surface area contributed by atoms with Crippen LogP contribution >= 0.6 is 11.6 Å². The number of methoxy groups -OCH3 is 1. The molecule has 0 aliphatic carbocycles. The molecule has 2 aromatic carbocycles. The molecule has 0 unspecified atom stereocenters. The van der Waals surface area contributed by atoms with E-state index in [4.69, 9.17) is 21.1 Å². The second kappa shape index (κ2) is 14.9. The number of hydrogen-bond acceptors (Lipinski definition) is 10. The van der Waals surface area contributed by atoms with Crippen molar-refractivity contribution in [2.24, 2.45) is 5.41 Å². The fourth-order valence-electron chi connectivity index (χ4n) is 5.96. The van der Waals surface area contributed by atoms with Gasteiger partial charge >= 0.3 is 0 Å². The van der Waals surface area contributed by atoms with Crippen molar-refractivity contribution in [1.29, 1.82) is 0 Å². The maximum Gasteiger partial charge on any atom is 0.247 e. The van der Waals surface area contributed by atoms with Crippen LogP contribution in [0.15, 0.2) is 36.7 Å². The minimum absolute atomic E-state index is 0.283. The molecule has 4 N–H and O–H groups in total. The molecule has 0 saturated carbocycles. The van der Waals surface area contributed by atoms with Gasteiger partial charge in [0.25, 0.3) is 0 Å². The number of morpholine rings is 1. The van der Waals surface area contributed by atoms with E-state index in [9.17, 15) is 14.4 Å². The molecule has 2 saturated heterocycles. The number of aromatic nitrogens is 2. The van der Waals surface area contributed by atoms with Gasteiger partial charge in [-0.15, -0.1) is 0 Å². The summed E-state index contributed by atoms with van der Waals surface area (Å²) < 4.78 is 11.1. The summed E-state index contributed by atoms with van der Waals surface area (Å²) in [6.07, 6.45) is 2.60. The van der Waals surface area contributed by atoms with Gasteiger partial charge in [0.05, 0.1) is 48.3 Å². The lowest BCUT2D eigenvalue weighted by Gasteiger charge is -2.36. The number of fused-ring (bicyclic) bond motifs is 1. The second-order valence-electron chi connectivity index (χ2n) is 13.2. The molecule has 5 rings (SSSR count). The molecule has 1 aromatic heterocycles. The molecule has 14 heteroatoms. The molecule has 258 valence electrons. The highest BCUT2D eigenvalue weighted by molar-refractivity contribution is 6.33. The van der Waals surface area contributed by atoms with Gasteiger partial charge in [-0.05, 0) is 56.5 Å². The molecule has 3 heterocycles. The molecular weight excluding hydrogens is 636 g/mol. The molecule has 3 aromatic rings. The SMILES string of the molecule is CN[C@@H](C)C(=O)N[C@H](C(=O)N1CCC[C@H]1C(=O)Nc1cc2c(Nc3ccc(N4CCOCC4)c(Cl)c3)ncnc2cc1OC)C(C)(C)C. The Hall–Kier alpha value is -4.20. The number of carbonyl (C=O) groups is 3.